The van der Waals surface area contributed by atoms with Gasteiger partial charge in [-0.1, -0.05) is 96.3 Å². The van der Waals surface area contributed by atoms with Crippen LogP contribution in [0, 0.1) is 0 Å². The number of aryl methyl sites for hydroxylation is 1. The lowest BCUT2D eigenvalue weighted by Gasteiger charge is -2.16. The maximum absolute atomic E-state index is 13.8. The molecule has 0 atom stereocenters. The molecule has 0 amide bonds. The number of hydrogen-bond donors (Lipinski definition) is 5. The second-order valence-corrected chi connectivity index (χ2v) is 25.1. The first-order chi connectivity index (χ1) is 48.4. The van der Waals surface area contributed by atoms with Gasteiger partial charge in [0.2, 0.25) is 0 Å². The fraction of sp³-hybridized carbons (Fsp3) is 0.0533. The Balaban J connectivity index is 0.000000134. The molecule has 8 aromatic carbocycles. The maximum Gasteiger partial charge on any atom is 0.354 e. The molecule has 15 aromatic rings. The minimum atomic E-state index is -0.790. The third-order valence-electron chi connectivity index (χ3n) is 15.8. The van der Waals surface area contributed by atoms with Gasteiger partial charge in [0.25, 0.3) is 16.7 Å². The highest BCUT2D eigenvalue weighted by Crippen LogP contribution is 2.42. The van der Waals surface area contributed by atoms with E-state index in [1.54, 1.807) is 171 Å². The van der Waals surface area contributed by atoms with Crippen molar-refractivity contribution in [1.29, 1.82) is 0 Å². The number of methoxy groups -OCH3 is 3. The highest BCUT2D eigenvalue weighted by atomic mass is 32.2. The quantitative estimate of drug-likeness (QED) is 0.0670. The van der Waals surface area contributed by atoms with E-state index in [0.717, 1.165) is 40.8 Å². The second-order valence-electron chi connectivity index (χ2n) is 21.9. The molecule has 0 unspecified atom stereocenters. The van der Waals surface area contributed by atoms with Crippen molar-refractivity contribution in [3.63, 3.8) is 0 Å². The molecule has 0 radical (unpaired) electrons. The summed E-state index contributed by atoms with van der Waals surface area (Å²) in [5.41, 5.74) is -0.00361. The van der Waals surface area contributed by atoms with Gasteiger partial charge in [0.1, 0.15) is 65.2 Å². The molecule has 7 heterocycles. The van der Waals surface area contributed by atoms with Crippen LogP contribution >= 0.6 is 35.3 Å². The predicted octanol–water partition coefficient (Wildman–Crippen LogP) is 13.5. The summed E-state index contributed by atoms with van der Waals surface area (Å²) in [5, 5.41) is 53.6. The van der Waals surface area contributed by atoms with Gasteiger partial charge in [-0.25, -0.2) is 19.4 Å². The number of aromatic nitrogens is 5. The molecule has 0 aliphatic rings. The number of para-hydroxylation sites is 2. The lowest BCUT2D eigenvalue weighted by atomic mass is 10.1. The second kappa shape index (κ2) is 27.9. The Hall–Kier alpha value is -12.6. The molecule has 0 fully saturated rings. The molecular weight excluding hydrogens is 1340 g/mol. The summed E-state index contributed by atoms with van der Waals surface area (Å²) in [6, 6.07) is 58.2. The summed E-state index contributed by atoms with van der Waals surface area (Å²) >= 11 is 2.79. The molecule has 5 N–H and O–H groups in total. The SMILES string of the molecule is COc1ccc(-n2c(-c3ccccc3)cc3oc(=O)c(Sc4nccn4C)c(O)c3c2=O)cc1.COc1ccc2c3oc(=O)c(Sc4ccc(O)cc4)c(O)c3c(=O)n(-c3ccccc3)c2c1.COc1ccc2c3oc(=O)c(Sc4cccc(O)c4)c(O)c3c(=O)n(-c3ccccc3)c2c1. The van der Waals surface area contributed by atoms with E-state index in [0.29, 0.717) is 76.8 Å². The van der Waals surface area contributed by atoms with Gasteiger partial charge in [0, 0.05) is 75.3 Å². The van der Waals surface area contributed by atoms with Crippen molar-refractivity contribution in [2.75, 3.05) is 21.3 Å². The normalized spacial score (nSPS) is 11.2. The lowest BCUT2D eigenvalue weighted by molar-refractivity contribution is 0.414. The van der Waals surface area contributed by atoms with Crippen molar-refractivity contribution >= 4 is 90.0 Å². The molecule has 0 saturated carbocycles. The highest BCUT2D eigenvalue weighted by Gasteiger charge is 2.27. The molecule has 0 aliphatic heterocycles. The Kier molecular flexibility index (Phi) is 18.4. The number of hydrogen-bond acceptors (Lipinski definition) is 21. The first-order valence-corrected chi connectivity index (χ1v) is 32.6. The number of imidazole rings is 1. The van der Waals surface area contributed by atoms with Crippen LogP contribution < -0.4 is 47.8 Å². The fourth-order valence-electron chi connectivity index (χ4n) is 11.1. The van der Waals surface area contributed by atoms with Gasteiger partial charge in [-0.05, 0) is 133 Å². The smallest absolute Gasteiger partial charge is 0.354 e. The molecule has 7 aromatic heterocycles. The van der Waals surface area contributed by atoms with Gasteiger partial charge in [-0.15, -0.1) is 0 Å². The Labute approximate surface area is 576 Å². The number of benzene rings is 8. The van der Waals surface area contributed by atoms with E-state index in [1.807, 2.05) is 42.5 Å². The summed E-state index contributed by atoms with van der Waals surface area (Å²) in [5.74, 6) is 0.407. The van der Waals surface area contributed by atoms with Crippen LogP contribution in [0.3, 0.4) is 0 Å². The van der Waals surface area contributed by atoms with Gasteiger partial charge in [0.05, 0.1) is 38.1 Å². The van der Waals surface area contributed by atoms with Crippen LogP contribution in [0.1, 0.15) is 0 Å². The largest absolute Gasteiger partial charge is 0.508 e. The summed E-state index contributed by atoms with van der Waals surface area (Å²) in [6.07, 6.45) is 3.29. The summed E-state index contributed by atoms with van der Waals surface area (Å²) < 4.78 is 38.7. The van der Waals surface area contributed by atoms with E-state index in [2.05, 4.69) is 4.98 Å². The van der Waals surface area contributed by atoms with Crippen molar-refractivity contribution in [3.05, 3.63) is 281 Å². The summed E-state index contributed by atoms with van der Waals surface area (Å²) in [6.45, 7) is 0. The molecular formula is C75H53N5O17S3. The fourth-order valence-corrected chi connectivity index (χ4v) is 13.6. The van der Waals surface area contributed by atoms with Crippen LogP contribution in [0.15, 0.2) is 290 Å². The van der Waals surface area contributed by atoms with Crippen molar-refractivity contribution in [2.24, 2.45) is 7.05 Å². The first-order valence-electron chi connectivity index (χ1n) is 30.1. The Morgan fingerprint density at radius 1 is 0.410 bits per heavy atom. The lowest BCUT2D eigenvalue weighted by Crippen LogP contribution is -2.21. The van der Waals surface area contributed by atoms with E-state index in [4.69, 9.17) is 27.5 Å². The van der Waals surface area contributed by atoms with Crippen LogP contribution in [0.25, 0.3) is 83.0 Å². The van der Waals surface area contributed by atoms with Gasteiger partial charge >= 0.3 is 16.9 Å². The number of pyridine rings is 3. The van der Waals surface area contributed by atoms with Gasteiger partial charge in [-0.3, -0.25) is 28.1 Å². The van der Waals surface area contributed by atoms with E-state index >= 15 is 0 Å². The van der Waals surface area contributed by atoms with Crippen LogP contribution in [-0.2, 0) is 7.05 Å². The van der Waals surface area contributed by atoms with Crippen LogP contribution in [-0.4, -0.2) is 70.1 Å². The van der Waals surface area contributed by atoms with Crippen molar-refractivity contribution in [3.8, 4) is 74.3 Å². The van der Waals surface area contributed by atoms with E-state index in [9.17, 15) is 54.3 Å². The molecule has 0 bridgehead atoms. The molecule has 100 heavy (non-hydrogen) atoms. The molecule has 15 rings (SSSR count). The zero-order chi connectivity index (χ0) is 70.0. The predicted molar refractivity (Wildman–Crippen MR) is 381 cm³/mol. The molecule has 0 spiro atoms. The minimum absolute atomic E-state index is 0.000282. The van der Waals surface area contributed by atoms with Crippen molar-refractivity contribution < 1.29 is 53.0 Å². The summed E-state index contributed by atoms with van der Waals surface area (Å²) in [4.78, 5) is 84.5. The highest BCUT2D eigenvalue weighted by molar-refractivity contribution is 8.00. The van der Waals surface area contributed by atoms with E-state index in [-0.39, 0.29) is 59.1 Å². The van der Waals surface area contributed by atoms with Gasteiger partial charge in [0.15, 0.2) is 33.6 Å². The molecule has 0 saturated heterocycles. The molecule has 0 aliphatic carbocycles. The standard InChI is InChI=1S/C25H19N3O5S.2C25H17NO6S/c1-27-13-12-26-25(27)34-22-21(29)20-19(33-24(22)31)14-18(15-6-4-3-5-7-15)28(23(20)30)16-8-10-17(32-2)11-9-16;1-31-16-10-11-18-19(13-16)26(14-6-3-2-4-7-14)24(29)20-21(28)23(25(30)32-22(18)20)33-17-9-5-8-15(27)12-17;1-31-16-9-12-18-19(13-16)26(14-5-3-2-4-6-14)24(29)20-21(28)23(25(30)32-22(18)20)33-17-10-7-15(27)8-11-17/h3-14,29H,1-2H3;2*2-13,27-28H,1H3. The average molecular weight is 1390 g/mol. The minimum Gasteiger partial charge on any atom is -0.508 e. The Morgan fingerprint density at radius 2 is 0.870 bits per heavy atom. The molecule has 498 valence electrons. The van der Waals surface area contributed by atoms with Gasteiger partial charge < -0.3 is 57.6 Å². The Bertz CT molecular complexity index is 6060. The number of rotatable bonds is 13. The van der Waals surface area contributed by atoms with Crippen LogP contribution in [0.2, 0.25) is 0 Å². The third kappa shape index (κ3) is 12.6. The van der Waals surface area contributed by atoms with E-state index < -0.39 is 50.8 Å². The monoisotopic (exact) mass is 1390 g/mol. The Morgan fingerprint density at radius 3 is 1.37 bits per heavy atom. The summed E-state index contributed by atoms with van der Waals surface area (Å²) in [7, 11) is 6.36. The number of phenolic OH excluding ortho intramolecular Hbond substituents is 2. The number of ether oxygens (including phenoxy) is 3. The number of nitrogens with zero attached hydrogens (tertiary/aromatic N) is 5. The number of phenols is 2. The van der Waals surface area contributed by atoms with Crippen LogP contribution in [0.4, 0.5) is 0 Å². The number of fused-ring (bicyclic) bond motifs is 7. The van der Waals surface area contributed by atoms with E-state index in [1.165, 1.54) is 52.2 Å². The zero-order valence-corrected chi connectivity index (χ0v) is 55.3. The van der Waals surface area contributed by atoms with Crippen molar-refractivity contribution in [1.82, 2.24) is 23.3 Å². The average Bonchev–Trinajstić information content (AvgIpc) is 0.755. The number of aromatic hydroxyl groups is 5. The first kappa shape index (κ1) is 66.1. The maximum atomic E-state index is 13.8. The molecule has 22 nitrogen and oxygen atoms in total. The van der Waals surface area contributed by atoms with Gasteiger partial charge in [-0.2, -0.15) is 0 Å². The van der Waals surface area contributed by atoms with Crippen molar-refractivity contribution in [2.45, 2.75) is 29.6 Å². The zero-order valence-electron chi connectivity index (χ0n) is 52.9. The molecule has 25 heteroatoms. The topological polar surface area (TPSA) is 303 Å². The third-order valence-corrected chi connectivity index (χ3v) is 19.1. The van der Waals surface area contributed by atoms with Crippen LogP contribution in [0.5, 0.6) is 46.0 Å².